The van der Waals surface area contributed by atoms with Crippen LogP contribution in [0.1, 0.15) is 81.5 Å². The van der Waals surface area contributed by atoms with E-state index in [-0.39, 0.29) is 11.0 Å². The van der Waals surface area contributed by atoms with Crippen LogP contribution >= 0.6 is 12.2 Å². The molecule has 2 N–H and O–H groups in total. The van der Waals surface area contributed by atoms with Gasteiger partial charge in [0.25, 0.3) is 5.91 Å². The van der Waals surface area contributed by atoms with Crippen LogP contribution in [0.15, 0.2) is 48.5 Å². The molecule has 1 aliphatic rings. The predicted octanol–water partition coefficient (Wildman–Crippen LogP) is 7.12. The Bertz CT molecular complexity index is 878. The monoisotopic (exact) mass is 482 g/mol. The van der Waals surface area contributed by atoms with Gasteiger partial charge in [-0.2, -0.15) is 0 Å². The molecular weight excluding hydrogens is 444 g/mol. The summed E-state index contributed by atoms with van der Waals surface area (Å²) in [5.74, 6) is 2.18. The number of rotatable bonds is 12. The summed E-state index contributed by atoms with van der Waals surface area (Å²) in [4.78, 5) is 12.5. The van der Waals surface area contributed by atoms with Gasteiger partial charge in [-0.25, -0.2) is 0 Å². The minimum Gasteiger partial charge on any atom is -0.494 e. The molecule has 0 heterocycles. The summed E-state index contributed by atoms with van der Waals surface area (Å²) in [6, 6.07) is 14.8. The summed E-state index contributed by atoms with van der Waals surface area (Å²) in [7, 11) is 0. The number of carbonyl (C=O) groups is 1. The lowest BCUT2D eigenvalue weighted by molar-refractivity contribution is 0.0977. The van der Waals surface area contributed by atoms with Gasteiger partial charge in [-0.05, 0) is 79.5 Å². The highest BCUT2D eigenvalue weighted by Crippen LogP contribution is 2.26. The van der Waals surface area contributed by atoms with Gasteiger partial charge in [0.15, 0.2) is 5.11 Å². The highest BCUT2D eigenvalue weighted by Gasteiger charge is 2.13. The van der Waals surface area contributed by atoms with Crippen molar-refractivity contribution in [3.8, 4) is 11.5 Å². The molecule has 6 heteroatoms. The maximum absolute atomic E-state index is 12.5. The molecule has 0 saturated heterocycles. The summed E-state index contributed by atoms with van der Waals surface area (Å²) in [5, 5.41) is 6.03. The summed E-state index contributed by atoms with van der Waals surface area (Å²) < 4.78 is 11.6. The van der Waals surface area contributed by atoms with Crippen molar-refractivity contribution in [2.24, 2.45) is 5.92 Å². The Labute approximate surface area is 209 Å². The third kappa shape index (κ3) is 9.34. The third-order valence-electron chi connectivity index (χ3n) is 6.24. The van der Waals surface area contributed by atoms with Gasteiger partial charge in [-0.3, -0.25) is 10.1 Å². The highest BCUT2D eigenvalue weighted by molar-refractivity contribution is 7.80. The van der Waals surface area contributed by atoms with E-state index in [0.29, 0.717) is 12.2 Å². The zero-order valence-electron chi connectivity index (χ0n) is 20.3. The molecule has 0 radical (unpaired) electrons. The van der Waals surface area contributed by atoms with Crippen LogP contribution in [-0.4, -0.2) is 24.2 Å². The van der Waals surface area contributed by atoms with Crippen molar-refractivity contribution in [2.45, 2.75) is 71.1 Å². The van der Waals surface area contributed by atoms with Crippen molar-refractivity contribution >= 4 is 28.9 Å². The molecule has 1 saturated carbocycles. The van der Waals surface area contributed by atoms with E-state index >= 15 is 0 Å². The van der Waals surface area contributed by atoms with Crippen LogP contribution in [0.3, 0.4) is 0 Å². The van der Waals surface area contributed by atoms with Crippen molar-refractivity contribution in [1.82, 2.24) is 5.32 Å². The number of anilines is 1. The van der Waals surface area contributed by atoms with E-state index in [9.17, 15) is 4.79 Å². The zero-order chi connectivity index (χ0) is 24.0. The van der Waals surface area contributed by atoms with Crippen molar-refractivity contribution in [3.05, 3.63) is 54.1 Å². The maximum atomic E-state index is 12.5. The van der Waals surface area contributed by atoms with Crippen LogP contribution in [0.5, 0.6) is 11.5 Å². The second-order valence-corrected chi connectivity index (χ2v) is 9.42. The number of thiocarbonyl (C=S) groups is 1. The number of hydrogen-bond donors (Lipinski definition) is 2. The standard InChI is InChI=1S/C28H38N2O3S/c1-2-3-4-8-20-32-25-15-11-23(12-16-25)27(31)30-28(34)29-24-13-17-26(18-14-24)33-21-19-22-9-6-5-7-10-22/h11-18,22H,2-10,19-21H2,1H3,(H2,29,30,31,34). The number of amides is 1. The van der Waals surface area contributed by atoms with Gasteiger partial charge in [0.05, 0.1) is 13.2 Å². The molecular formula is C28H38N2O3S. The van der Waals surface area contributed by atoms with Gasteiger partial charge in [0, 0.05) is 11.3 Å². The molecule has 1 amide bonds. The van der Waals surface area contributed by atoms with Crippen molar-refractivity contribution < 1.29 is 14.3 Å². The van der Waals surface area contributed by atoms with Crippen LogP contribution in [0.4, 0.5) is 5.69 Å². The Morgan fingerprint density at radius 1 is 0.882 bits per heavy atom. The van der Waals surface area contributed by atoms with Gasteiger partial charge >= 0.3 is 0 Å². The van der Waals surface area contributed by atoms with E-state index in [1.54, 1.807) is 12.1 Å². The summed E-state index contributed by atoms with van der Waals surface area (Å²) >= 11 is 5.31. The Kier molecular flexibility index (Phi) is 11.2. The molecule has 0 atom stereocenters. The quantitative estimate of drug-likeness (QED) is 0.249. The first kappa shape index (κ1) is 26.0. The number of ether oxygens (including phenoxy) is 2. The fraction of sp³-hybridized carbons (Fsp3) is 0.500. The molecule has 1 aliphatic carbocycles. The first-order valence-electron chi connectivity index (χ1n) is 12.7. The lowest BCUT2D eigenvalue weighted by Crippen LogP contribution is -2.34. The van der Waals surface area contributed by atoms with Crippen LogP contribution in [0, 0.1) is 5.92 Å². The van der Waals surface area contributed by atoms with E-state index in [1.807, 2.05) is 36.4 Å². The second kappa shape index (κ2) is 14.6. The fourth-order valence-electron chi connectivity index (χ4n) is 4.21. The van der Waals surface area contributed by atoms with Crippen molar-refractivity contribution in [1.29, 1.82) is 0 Å². The minimum atomic E-state index is -0.255. The van der Waals surface area contributed by atoms with Crippen LogP contribution in [0.2, 0.25) is 0 Å². The fourth-order valence-corrected chi connectivity index (χ4v) is 4.42. The van der Waals surface area contributed by atoms with E-state index in [2.05, 4.69) is 17.6 Å². The molecule has 0 spiro atoms. The van der Waals surface area contributed by atoms with Crippen LogP contribution in [-0.2, 0) is 0 Å². The van der Waals surface area contributed by atoms with E-state index in [1.165, 1.54) is 51.4 Å². The molecule has 2 aromatic rings. The molecule has 2 aromatic carbocycles. The van der Waals surface area contributed by atoms with Crippen LogP contribution < -0.4 is 20.1 Å². The molecule has 184 valence electrons. The molecule has 5 nitrogen and oxygen atoms in total. The molecule has 0 unspecified atom stereocenters. The van der Waals surface area contributed by atoms with E-state index in [0.717, 1.165) is 42.6 Å². The van der Waals surface area contributed by atoms with Gasteiger partial charge in [-0.1, -0.05) is 58.3 Å². The summed E-state index contributed by atoms with van der Waals surface area (Å²) in [5.41, 5.74) is 1.33. The molecule has 0 aliphatic heterocycles. The van der Waals surface area contributed by atoms with Gasteiger partial charge < -0.3 is 14.8 Å². The molecule has 3 rings (SSSR count). The van der Waals surface area contributed by atoms with Gasteiger partial charge in [0.2, 0.25) is 0 Å². The number of hydrogen-bond acceptors (Lipinski definition) is 4. The van der Waals surface area contributed by atoms with Gasteiger partial charge in [0.1, 0.15) is 11.5 Å². The average molecular weight is 483 g/mol. The largest absolute Gasteiger partial charge is 0.494 e. The first-order valence-corrected chi connectivity index (χ1v) is 13.1. The maximum Gasteiger partial charge on any atom is 0.257 e. The smallest absolute Gasteiger partial charge is 0.257 e. The second-order valence-electron chi connectivity index (χ2n) is 9.01. The zero-order valence-corrected chi connectivity index (χ0v) is 21.1. The lowest BCUT2D eigenvalue weighted by atomic mass is 9.87. The van der Waals surface area contributed by atoms with Gasteiger partial charge in [-0.15, -0.1) is 0 Å². The Balaban J connectivity index is 1.36. The number of nitrogens with one attached hydrogen (secondary N) is 2. The van der Waals surface area contributed by atoms with E-state index in [4.69, 9.17) is 21.7 Å². The highest BCUT2D eigenvalue weighted by atomic mass is 32.1. The molecule has 0 bridgehead atoms. The number of carbonyl (C=O) groups excluding carboxylic acids is 1. The lowest BCUT2D eigenvalue weighted by Gasteiger charge is -2.21. The summed E-state index contributed by atoms with van der Waals surface area (Å²) in [6.07, 6.45) is 12.6. The Hall–Kier alpha value is -2.60. The predicted molar refractivity (Wildman–Crippen MR) is 143 cm³/mol. The molecule has 0 aromatic heterocycles. The van der Waals surface area contributed by atoms with Crippen LogP contribution in [0.25, 0.3) is 0 Å². The topological polar surface area (TPSA) is 59.6 Å². The molecule has 1 fully saturated rings. The minimum absolute atomic E-state index is 0.255. The third-order valence-corrected chi connectivity index (χ3v) is 6.45. The number of benzene rings is 2. The Morgan fingerprint density at radius 3 is 2.21 bits per heavy atom. The molecule has 34 heavy (non-hydrogen) atoms. The summed E-state index contributed by atoms with van der Waals surface area (Å²) in [6.45, 7) is 3.65. The SMILES string of the molecule is CCCCCCOc1ccc(C(=O)NC(=S)Nc2ccc(OCCC3CCCCC3)cc2)cc1. The Morgan fingerprint density at radius 2 is 1.53 bits per heavy atom. The van der Waals surface area contributed by atoms with E-state index < -0.39 is 0 Å². The number of unbranched alkanes of at least 4 members (excludes halogenated alkanes) is 3. The average Bonchev–Trinajstić information content (AvgIpc) is 2.86. The van der Waals surface area contributed by atoms with Crippen molar-refractivity contribution in [2.75, 3.05) is 18.5 Å². The normalized spacial score (nSPS) is 13.8. The first-order chi connectivity index (χ1) is 16.6. The van der Waals surface area contributed by atoms with Crippen molar-refractivity contribution in [3.63, 3.8) is 0 Å².